The smallest absolute Gasteiger partial charge is 0.130 e. The van der Waals surface area contributed by atoms with Crippen LogP contribution in [0.3, 0.4) is 0 Å². The zero-order valence-electron chi connectivity index (χ0n) is 10.9. The lowest BCUT2D eigenvalue weighted by atomic mass is 10.1. The maximum atomic E-state index is 6.21. The van der Waals surface area contributed by atoms with Gasteiger partial charge in [0.05, 0.1) is 5.69 Å². The first-order valence-electron chi connectivity index (χ1n) is 6.46. The summed E-state index contributed by atoms with van der Waals surface area (Å²) in [6.07, 6.45) is 0.978. The maximum Gasteiger partial charge on any atom is 0.130 e. The van der Waals surface area contributed by atoms with Crippen LogP contribution in [0.15, 0.2) is 51.8 Å². The lowest BCUT2D eigenvalue weighted by Gasteiger charge is -2.23. The summed E-state index contributed by atoms with van der Waals surface area (Å²) in [5.74, 6) is 0. The molecule has 5 heteroatoms. The lowest BCUT2D eigenvalue weighted by Crippen LogP contribution is -2.37. The first-order chi connectivity index (χ1) is 9.63. The van der Waals surface area contributed by atoms with Crippen LogP contribution in [0.1, 0.15) is 5.56 Å². The predicted octanol–water partition coefficient (Wildman–Crippen LogP) is 3.43. The van der Waals surface area contributed by atoms with Crippen molar-refractivity contribution in [1.29, 1.82) is 0 Å². The summed E-state index contributed by atoms with van der Waals surface area (Å²) in [5, 5.41) is 0. The van der Waals surface area contributed by atoms with E-state index in [-0.39, 0.29) is 5.50 Å². The van der Waals surface area contributed by atoms with Crippen LogP contribution in [0.2, 0.25) is 0 Å². The van der Waals surface area contributed by atoms with Crippen molar-refractivity contribution in [2.75, 3.05) is 17.2 Å². The number of fused-ring (bicyclic) bond motifs is 1. The number of hydrogen-bond acceptors (Lipinski definition) is 4. The summed E-state index contributed by atoms with van der Waals surface area (Å²) in [6.45, 7) is 0.909. The van der Waals surface area contributed by atoms with Crippen LogP contribution >= 0.6 is 27.7 Å². The molecule has 0 amide bonds. The van der Waals surface area contributed by atoms with E-state index in [1.54, 1.807) is 11.8 Å². The molecule has 3 rings (SSSR count). The first kappa shape index (κ1) is 13.8. The van der Waals surface area contributed by atoms with E-state index in [0.717, 1.165) is 23.1 Å². The average Bonchev–Trinajstić information content (AvgIpc) is 2.73. The Balaban J connectivity index is 1.73. The number of nitrogens with zero attached hydrogens (tertiary/aromatic N) is 1. The average molecular weight is 350 g/mol. The molecule has 0 saturated carbocycles. The summed E-state index contributed by atoms with van der Waals surface area (Å²) in [7, 11) is 0. The molecule has 1 aliphatic rings. The molecule has 1 aliphatic heterocycles. The number of hydrogen-bond donors (Lipinski definition) is 2. The fourth-order valence-electron chi connectivity index (χ4n) is 2.34. The van der Waals surface area contributed by atoms with Gasteiger partial charge in [0.15, 0.2) is 0 Å². The minimum atomic E-state index is -0.0257. The van der Waals surface area contributed by atoms with Gasteiger partial charge in [0.25, 0.3) is 0 Å². The summed E-state index contributed by atoms with van der Waals surface area (Å²) in [6, 6.07) is 14.4. The Morgan fingerprint density at radius 3 is 2.65 bits per heavy atom. The van der Waals surface area contributed by atoms with Crippen molar-refractivity contribution in [3.05, 3.63) is 52.5 Å². The van der Waals surface area contributed by atoms with E-state index in [1.165, 1.54) is 16.1 Å². The van der Waals surface area contributed by atoms with Crippen molar-refractivity contribution < 1.29 is 0 Å². The minimum absolute atomic E-state index is 0.0257. The summed E-state index contributed by atoms with van der Waals surface area (Å²) >= 11 is 5.12. The number of halogens is 1. The number of thioether (sulfide) groups is 1. The van der Waals surface area contributed by atoms with E-state index < -0.39 is 0 Å². The van der Waals surface area contributed by atoms with Crippen molar-refractivity contribution in [3.63, 3.8) is 0 Å². The maximum absolute atomic E-state index is 6.21. The summed E-state index contributed by atoms with van der Waals surface area (Å²) in [4.78, 5) is 3.41. The van der Waals surface area contributed by atoms with Crippen LogP contribution in [0.5, 0.6) is 0 Å². The van der Waals surface area contributed by atoms with E-state index in [4.69, 9.17) is 11.5 Å². The van der Waals surface area contributed by atoms with E-state index in [2.05, 4.69) is 51.2 Å². The lowest BCUT2D eigenvalue weighted by molar-refractivity contribution is 0.765. The number of rotatable bonds is 3. The van der Waals surface area contributed by atoms with Gasteiger partial charge in [-0.2, -0.15) is 0 Å². The molecule has 4 N–H and O–H groups in total. The van der Waals surface area contributed by atoms with E-state index in [1.807, 2.05) is 12.1 Å². The molecule has 0 radical (unpaired) electrons. The highest BCUT2D eigenvalue weighted by molar-refractivity contribution is 9.10. The molecular formula is C15H16BrN3S. The second-order valence-electron chi connectivity index (χ2n) is 4.81. The molecule has 0 fully saturated rings. The number of nitrogens with two attached hydrogens (primary N) is 2. The Bertz CT molecular complexity index is 615. The Morgan fingerprint density at radius 2 is 1.90 bits per heavy atom. The van der Waals surface area contributed by atoms with Crippen LogP contribution in [0, 0.1) is 0 Å². The van der Waals surface area contributed by atoms with E-state index in [0.29, 0.717) is 0 Å². The molecule has 104 valence electrons. The summed E-state index contributed by atoms with van der Waals surface area (Å²) < 4.78 is 1.11. The normalized spacial score (nSPS) is 17.3. The zero-order valence-corrected chi connectivity index (χ0v) is 13.3. The van der Waals surface area contributed by atoms with Crippen molar-refractivity contribution in [2.24, 2.45) is 5.73 Å². The monoisotopic (exact) mass is 349 g/mol. The standard InChI is InChI=1S/C15H16BrN3S/c16-11-3-1-10(2-4-11)7-8-19-13-6-5-12(17)9-14(13)20-15(19)18/h1-6,9,15H,7-8,17-18H2. The fourth-order valence-corrected chi connectivity index (χ4v) is 3.72. The molecule has 2 aromatic rings. The van der Waals surface area contributed by atoms with Crippen LogP contribution in [-0.4, -0.2) is 12.0 Å². The molecule has 0 bridgehead atoms. The SMILES string of the molecule is Nc1ccc2c(c1)SC(N)N2CCc1ccc(Br)cc1. The molecule has 20 heavy (non-hydrogen) atoms. The molecule has 0 aliphatic carbocycles. The summed E-state index contributed by atoms with van der Waals surface area (Å²) in [5.41, 5.74) is 15.3. The van der Waals surface area contributed by atoms with Gasteiger partial charge in [0.1, 0.15) is 5.50 Å². The van der Waals surface area contributed by atoms with Crippen LogP contribution < -0.4 is 16.4 Å². The van der Waals surface area contributed by atoms with Gasteiger partial charge in [0, 0.05) is 21.6 Å². The molecule has 1 heterocycles. The van der Waals surface area contributed by atoms with Gasteiger partial charge < -0.3 is 16.4 Å². The van der Waals surface area contributed by atoms with Gasteiger partial charge in [0.2, 0.25) is 0 Å². The third-order valence-electron chi connectivity index (χ3n) is 3.40. The number of benzene rings is 2. The van der Waals surface area contributed by atoms with Crippen molar-refractivity contribution >= 4 is 39.1 Å². The van der Waals surface area contributed by atoms with Crippen LogP contribution in [0.4, 0.5) is 11.4 Å². The Hall–Kier alpha value is -1.17. The molecule has 1 unspecified atom stereocenters. The van der Waals surface area contributed by atoms with E-state index >= 15 is 0 Å². The zero-order chi connectivity index (χ0) is 14.1. The molecule has 0 saturated heterocycles. The van der Waals surface area contributed by atoms with Crippen molar-refractivity contribution in [1.82, 2.24) is 0 Å². The third-order valence-corrected chi connectivity index (χ3v) is 5.01. The van der Waals surface area contributed by atoms with Crippen LogP contribution in [0.25, 0.3) is 0 Å². The van der Waals surface area contributed by atoms with Crippen molar-refractivity contribution in [3.8, 4) is 0 Å². The number of nitrogen functional groups attached to an aromatic ring is 1. The fraction of sp³-hybridized carbons (Fsp3) is 0.200. The molecule has 2 aromatic carbocycles. The molecule has 1 atom stereocenters. The largest absolute Gasteiger partial charge is 0.399 e. The molecule has 0 spiro atoms. The van der Waals surface area contributed by atoms with Gasteiger partial charge in [-0.1, -0.05) is 39.8 Å². The van der Waals surface area contributed by atoms with E-state index in [9.17, 15) is 0 Å². The highest BCUT2D eigenvalue weighted by Gasteiger charge is 2.26. The molecular weight excluding hydrogens is 334 g/mol. The van der Waals surface area contributed by atoms with Crippen LogP contribution in [-0.2, 0) is 6.42 Å². The van der Waals surface area contributed by atoms with Crippen molar-refractivity contribution in [2.45, 2.75) is 16.8 Å². The van der Waals surface area contributed by atoms with Gasteiger partial charge in [-0.25, -0.2) is 0 Å². The highest BCUT2D eigenvalue weighted by Crippen LogP contribution is 2.42. The van der Waals surface area contributed by atoms with Gasteiger partial charge in [-0.15, -0.1) is 0 Å². The second kappa shape index (κ2) is 5.68. The third kappa shape index (κ3) is 2.80. The topological polar surface area (TPSA) is 55.3 Å². The Morgan fingerprint density at radius 1 is 1.15 bits per heavy atom. The Labute approximate surface area is 131 Å². The number of anilines is 2. The minimum Gasteiger partial charge on any atom is -0.399 e. The quantitative estimate of drug-likeness (QED) is 0.833. The van der Waals surface area contributed by atoms with Gasteiger partial charge >= 0.3 is 0 Å². The molecule has 0 aromatic heterocycles. The van der Waals surface area contributed by atoms with Gasteiger partial charge in [-0.05, 0) is 42.3 Å². The predicted molar refractivity (Wildman–Crippen MR) is 89.9 cm³/mol. The molecule has 3 nitrogen and oxygen atoms in total. The Kier molecular flexibility index (Phi) is 3.92. The highest BCUT2D eigenvalue weighted by atomic mass is 79.9. The first-order valence-corrected chi connectivity index (χ1v) is 8.13. The second-order valence-corrected chi connectivity index (χ2v) is 6.88. The van der Waals surface area contributed by atoms with Gasteiger partial charge in [-0.3, -0.25) is 0 Å².